The number of nitrogens with two attached hydrogens (primary N) is 1. The summed E-state index contributed by atoms with van der Waals surface area (Å²) in [5.74, 6) is 0.348. The summed E-state index contributed by atoms with van der Waals surface area (Å²) in [7, 11) is 0. The molecule has 4 saturated heterocycles. The highest BCUT2D eigenvalue weighted by atomic mass is 16.6. The number of hydrogen-bond acceptors (Lipinski definition) is 5. The van der Waals surface area contributed by atoms with Crippen LogP contribution in [0.2, 0.25) is 0 Å². The molecule has 0 aromatic rings. The predicted molar refractivity (Wildman–Crippen MR) is 83.5 cm³/mol. The third kappa shape index (κ3) is 2.61. The minimum Gasteiger partial charge on any atom is -0.444 e. The van der Waals surface area contributed by atoms with Crippen molar-refractivity contribution in [3.05, 3.63) is 0 Å². The van der Waals surface area contributed by atoms with Gasteiger partial charge in [0.1, 0.15) is 11.2 Å². The number of aliphatic hydroxyl groups is 1. The number of nitrogens with zero attached hydrogens (tertiary/aromatic N) is 2. The number of rotatable bonds is 1. The number of carbonyl (C=O) groups excluding carboxylic acids is 1. The number of ether oxygens (including phenoxy) is 1. The van der Waals surface area contributed by atoms with Crippen LogP contribution in [0.3, 0.4) is 0 Å². The van der Waals surface area contributed by atoms with Gasteiger partial charge in [0.05, 0.1) is 12.1 Å². The van der Waals surface area contributed by atoms with E-state index in [1.807, 2.05) is 20.8 Å². The lowest BCUT2D eigenvalue weighted by molar-refractivity contribution is -0.108. The van der Waals surface area contributed by atoms with E-state index in [1.165, 1.54) is 0 Å². The Balaban J connectivity index is 1.71. The molecule has 2 bridgehead atoms. The Morgan fingerprint density at radius 3 is 2.36 bits per heavy atom. The summed E-state index contributed by atoms with van der Waals surface area (Å²) in [5.41, 5.74) is 4.57. The highest BCUT2D eigenvalue weighted by Gasteiger charge is 2.59. The maximum atomic E-state index is 12.2. The Morgan fingerprint density at radius 2 is 1.86 bits per heavy atom. The molecule has 0 aromatic heterocycles. The van der Waals surface area contributed by atoms with E-state index in [-0.39, 0.29) is 12.6 Å². The molecule has 0 aliphatic carbocycles. The zero-order chi connectivity index (χ0) is 16.2. The van der Waals surface area contributed by atoms with Gasteiger partial charge in [0.2, 0.25) is 0 Å². The maximum absolute atomic E-state index is 12.2. The largest absolute Gasteiger partial charge is 0.444 e. The molecule has 22 heavy (non-hydrogen) atoms. The van der Waals surface area contributed by atoms with Crippen molar-refractivity contribution >= 4 is 6.09 Å². The van der Waals surface area contributed by atoms with Crippen molar-refractivity contribution in [3.63, 3.8) is 0 Å². The fraction of sp³-hybridized carbons (Fsp3) is 0.938. The van der Waals surface area contributed by atoms with Gasteiger partial charge in [-0.1, -0.05) is 0 Å². The minimum absolute atomic E-state index is 0.281. The molecule has 6 heteroatoms. The van der Waals surface area contributed by atoms with Gasteiger partial charge in [-0.15, -0.1) is 0 Å². The summed E-state index contributed by atoms with van der Waals surface area (Å²) < 4.78 is 5.42. The van der Waals surface area contributed by atoms with Gasteiger partial charge in [0.25, 0.3) is 0 Å². The molecule has 0 aromatic carbocycles. The van der Waals surface area contributed by atoms with E-state index < -0.39 is 16.7 Å². The standard InChI is InChI=1S/C16H29N3O3/c1-14(2,3)22-13(20)19-9-6-15(21,10-19)16(17)11-18-7-4-12(16)5-8-18/h12,21H,4-11,17H2,1-3H3. The van der Waals surface area contributed by atoms with Crippen LogP contribution in [-0.4, -0.2) is 70.5 Å². The van der Waals surface area contributed by atoms with Gasteiger partial charge in [-0.3, -0.25) is 0 Å². The zero-order valence-corrected chi connectivity index (χ0v) is 14.0. The monoisotopic (exact) mass is 311 g/mol. The summed E-state index contributed by atoms with van der Waals surface area (Å²) in [4.78, 5) is 16.2. The first-order valence-corrected chi connectivity index (χ1v) is 8.35. The van der Waals surface area contributed by atoms with Crippen LogP contribution in [0, 0.1) is 5.92 Å². The molecule has 4 aliphatic heterocycles. The van der Waals surface area contributed by atoms with Crippen molar-refractivity contribution < 1.29 is 14.6 Å². The highest BCUT2D eigenvalue weighted by molar-refractivity contribution is 5.68. The molecule has 4 fully saturated rings. The second-order valence-electron chi connectivity index (χ2n) is 8.27. The van der Waals surface area contributed by atoms with E-state index in [9.17, 15) is 9.90 Å². The van der Waals surface area contributed by atoms with Crippen LogP contribution in [0.5, 0.6) is 0 Å². The van der Waals surface area contributed by atoms with Gasteiger partial charge in [0, 0.05) is 13.1 Å². The van der Waals surface area contributed by atoms with Gasteiger partial charge < -0.3 is 25.4 Å². The van der Waals surface area contributed by atoms with Gasteiger partial charge >= 0.3 is 6.09 Å². The Labute approximate surface area is 132 Å². The number of piperidine rings is 3. The van der Waals surface area contributed by atoms with Crippen molar-refractivity contribution in [3.8, 4) is 0 Å². The van der Waals surface area contributed by atoms with E-state index in [0.717, 1.165) is 32.5 Å². The first-order chi connectivity index (χ1) is 10.1. The van der Waals surface area contributed by atoms with Gasteiger partial charge in [-0.2, -0.15) is 0 Å². The van der Waals surface area contributed by atoms with Crippen molar-refractivity contribution in [1.82, 2.24) is 9.80 Å². The molecule has 3 N–H and O–H groups in total. The Bertz CT molecular complexity index is 456. The van der Waals surface area contributed by atoms with Crippen molar-refractivity contribution in [1.29, 1.82) is 0 Å². The molecule has 4 aliphatic rings. The maximum Gasteiger partial charge on any atom is 0.410 e. The summed E-state index contributed by atoms with van der Waals surface area (Å²) in [6.45, 7) is 9.24. The van der Waals surface area contributed by atoms with Gasteiger partial charge in [-0.05, 0) is 59.0 Å². The molecule has 0 saturated carbocycles. The molecule has 1 amide bonds. The van der Waals surface area contributed by atoms with E-state index in [4.69, 9.17) is 10.5 Å². The van der Waals surface area contributed by atoms with Crippen LogP contribution in [0.25, 0.3) is 0 Å². The van der Waals surface area contributed by atoms with E-state index in [2.05, 4.69) is 4.90 Å². The normalized spacial score (nSPS) is 41.8. The number of fused-ring (bicyclic) bond motifs is 3. The fourth-order valence-corrected chi connectivity index (χ4v) is 4.29. The molecule has 2 atom stereocenters. The Hall–Kier alpha value is -0.850. The van der Waals surface area contributed by atoms with Crippen molar-refractivity contribution in [2.24, 2.45) is 11.7 Å². The lowest BCUT2D eigenvalue weighted by Gasteiger charge is -2.57. The van der Waals surface area contributed by atoms with Crippen molar-refractivity contribution in [2.75, 3.05) is 32.7 Å². The molecular formula is C16H29N3O3. The smallest absolute Gasteiger partial charge is 0.410 e. The second-order valence-corrected chi connectivity index (χ2v) is 8.27. The van der Waals surface area contributed by atoms with Crippen LogP contribution in [-0.2, 0) is 4.74 Å². The molecule has 0 radical (unpaired) electrons. The topological polar surface area (TPSA) is 79.0 Å². The molecule has 4 heterocycles. The van der Waals surface area contributed by atoms with Crippen LogP contribution in [0.15, 0.2) is 0 Å². The summed E-state index contributed by atoms with van der Waals surface area (Å²) >= 11 is 0. The minimum atomic E-state index is -1.01. The average Bonchev–Trinajstić information content (AvgIpc) is 2.82. The number of likely N-dealkylation sites (tertiary alicyclic amines) is 1. The van der Waals surface area contributed by atoms with Gasteiger partial charge in [0.15, 0.2) is 0 Å². The highest BCUT2D eigenvalue weighted by Crippen LogP contribution is 2.44. The molecule has 2 unspecified atom stereocenters. The van der Waals surface area contributed by atoms with E-state index in [0.29, 0.717) is 18.9 Å². The lowest BCUT2D eigenvalue weighted by Crippen LogP contribution is -2.75. The van der Waals surface area contributed by atoms with Crippen LogP contribution in [0.1, 0.15) is 40.0 Å². The first kappa shape index (κ1) is 16.0. The summed E-state index contributed by atoms with van der Waals surface area (Å²) in [6.07, 6.45) is 2.28. The number of hydrogen-bond donors (Lipinski definition) is 2. The Morgan fingerprint density at radius 1 is 1.23 bits per heavy atom. The van der Waals surface area contributed by atoms with Crippen LogP contribution < -0.4 is 5.73 Å². The summed E-state index contributed by atoms with van der Waals surface area (Å²) in [6, 6.07) is 0. The number of amides is 1. The average molecular weight is 311 g/mol. The molecule has 6 nitrogen and oxygen atoms in total. The Kier molecular flexibility index (Phi) is 3.70. The molecule has 126 valence electrons. The molecular weight excluding hydrogens is 282 g/mol. The lowest BCUT2D eigenvalue weighted by atomic mass is 9.64. The quantitative estimate of drug-likeness (QED) is 0.748. The second kappa shape index (κ2) is 5.08. The van der Waals surface area contributed by atoms with Crippen LogP contribution >= 0.6 is 0 Å². The zero-order valence-electron chi connectivity index (χ0n) is 14.0. The third-order valence-corrected chi connectivity index (χ3v) is 5.57. The number of carbonyl (C=O) groups is 1. The van der Waals surface area contributed by atoms with Crippen LogP contribution in [0.4, 0.5) is 4.79 Å². The number of β-amino-alcohol motifs (C(OH)–C–C–N with tert-alkyl or cyclic N) is 1. The predicted octanol–water partition coefficient (Wildman–Crippen LogP) is 0.781. The first-order valence-electron chi connectivity index (χ1n) is 8.35. The molecule has 4 rings (SSSR count). The van der Waals surface area contributed by atoms with E-state index >= 15 is 0 Å². The third-order valence-electron chi connectivity index (χ3n) is 5.57. The molecule has 0 spiro atoms. The van der Waals surface area contributed by atoms with Crippen molar-refractivity contribution in [2.45, 2.75) is 56.8 Å². The summed E-state index contributed by atoms with van der Waals surface area (Å²) in [5, 5.41) is 11.2. The van der Waals surface area contributed by atoms with Gasteiger partial charge in [-0.25, -0.2) is 4.79 Å². The fourth-order valence-electron chi connectivity index (χ4n) is 4.29. The van der Waals surface area contributed by atoms with E-state index in [1.54, 1.807) is 4.90 Å². The SMILES string of the molecule is CC(C)(C)OC(=O)N1CCC(O)(C2(N)CN3CCC2CC3)C1.